The number of thiophene rings is 1. The van der Waals surface area contributed by atoms with Gasteiger partial charge in [-0.05, 0) is 60.9 Å². The highest BCUT2D eigenvalue weighted by Gasteiger charge is 2.24. The fraction of sp³-hybridized carbons (Fsp3) is 0.174. The molecule has 0 unspecified atom stereocenters. The van der Waals surface area contributed by atoms with Gasteiger partial charge in [-0.1, -0.05) is 18.2 Å². The molecular weight excluding hydrogens is 432 g/mol. The zero-order chi connectivity index (χ0) is 22.3. The van der Waals surface area contributed by atoms with Crippen LogP contribution in [0.1, 0.15) is 22.2 Å². The van der Waals surface area contributed by atoms with Crippen molar-refractivity contribution in [1.29, 1.82) is 0 Å². The summed E-state index contributed by atoms with van der Waals surface area (Å²) < 4.78 is 30.6. The first kappa shape index (κ1) is 21.3. The Balaban J connectivity index is 1.89. The Morgan fingerprint density at radius 2 is 1.77 bits per heavy atom. The van der Waals surface area contributed by atoms with Crippen LogP contribution in [0.2, 0.25) is 0 Å². The van der Waals surface area contributed by atoms with Crippen LogP contribution in [-0.2, 0) is 21.8 Å². The van der Waals surface area contributed by atoms with E-state index < -0.39 is 16.0 Å². The minimum absolute atomic E-state index is 0.0246. The van der Waals surface area contributed by atoms with Crippen LogP contribution in [0.15, 0.2) is 59.6 Å². The third-order valence-electron chi connectivity index (χ3n) is 5.23. The van der Waals surface area contributed by atoms with E-state index in [2.05, 4.69) is 22.8 Å². The minimum atomic E-state index is -3.79. The van der Waals surface area contributed by atoms with E-state index in [4.69, 9.17) is 9.88 Å². The summed E-state index contributed by atoms with van der Waals surface area (Å²) in [4.78, 5) is 14.2. The van der Waals surface area contributed by atoms with Crippen LogP contribution in [0.4, 0.5) is 0 Å². The van der Waals surface area contributed by atoms with Crippen molar-refractivity contribution in [2.24, 2.45) is 12.2 Å². The highest BCUT2D eigenvalue weighted by molar-refractivity contribution is 7.89. The first-order valence-corrected chi connectivity index (χ1v) is 12.1. The fourth-order valence-electron chi connectivity index (χ4n) is 3.71. The summed E-state index contributed by atoms with van der Waals surface area (Å²) in [6.07, 6.45) is 2.01. The summed E-state index contributed by atoms with van der Waals surface area (Å²) in [5.41, 5.74) is 4.55. The number of primary sulfonamides is 1. The molecule has 4 aromatic rings. The average molecular weight is 455 g/mol. The Kier molecular flexibility index (Phi) is 5.47. The molecule has 2 aromatic carbocycles. The SMILES string of the molecule is CCOC(=O)c1sc(-c2ccc3c(ccn3C)c2)c(C)c1-c1ccc(S(N)(=O)=O)cc1. The number of nitrogens with two attached hydrogens (primary N) is 1. The number of aromatic nitrogens is 1. The predicted octanol–water partition coefficient (Wildman–Crippen LogP) is 4.71. The molecule has 0 fully saturated rings. The third kappa shape index (κ3) is 3.89. The number of nitrogens with zero attached hydrogens (tertiary/aromatic N) is 1. The number of esters is 1. The first-order valence-electron chi connectivity index (χ1n) is 9.70. The van der Waals surface area contributed by atoms with Gasteiger partial charge in [0.1, 0.15) is 4.88 Å². The van der Waals surface area contributed by atoms with Crippen LogP contribution < -0.4 is 5.14 Å². The first-order chi connectivity index (χ1) is 14.7. The van der Waals surface area contributed by atoms with Gasteiger partial charge in [-0.25, -0.2) is 18.4 Å². The Labute approximate surface area is 184 Å². The number of ether oxygens (including phenoxy) is 1. The summed E-state index contributed by atoms with van der Waals surface area (Å²) in [7, 11) is -1.79. The molecule has 0 spiro atoms. The van der Waals surface area contributed by atoms with Crippen molar-refractivity contribution < 1.29 is 17.9 Å². The van der Waals surface area contributed by atoms with Crippen molar-refractivity contribution in [2.45, 2.75) is 18.7 Å². The maximum Gasteiger partial charge on any atom is 0.348 e. The lowest BCUT2D eigenvalue weighted by Crippen LogP contribution is -2.11. The van der Waals surface area contributed by atoms with Crippen molar-refractivity contribution in [3.05, 3.63) is 65.2 Å². The van der Waals surface area contributed by atoms with Crippen molar-refractivity contribution >= 4 is 38.2 Å². The molecule has 0 saturated carbocycles. The van der Waals surface area contributed by atoms with Crippen LogP contribution >= 0.6 is 11.3 Å². The van der Waals surface area contributed by atoms with Crippen LogP contribution in [0.25, 0.3) is 32.5 Å². The number of aryl methyl sites for hydroxylation is 1. The van der Waals surface area contributed by atoms with Gasteiger partial charge in [0, 0.05) is 34.6 Å². The van der Waals surface area contributed by atoms with E-state index in [0.29, 0.717) is 4.88 Å². The lowest BCUT2D eigenvalue weighted by Gasteiger charge is -2.07. The van der Waals surface area contributed by atoms with Gasteiger partial charge in [0.2, 0.25) is 10.0 Å². The molecule has 0 aliphatic rings. The van der Waals surface area contributed by atoms with Gasteiger partial charge in [-0.3, -0.25) is 0 Å². The number of carbonyl (C=O) groups is 1. The van der Waals surface area contributed by atoms with Gasteiger partial charge < -0.3 is 9.30 Å². The standard InChI is InChI=1S/C23H22N2O4S2/c1-4-29-23(26)22-20(15-5-8-18(9-6-15)31(24,27)28)14(2)21(30-22)17-7-10-19-16(13-17)11-12-25(19)3/h5-13H,4H2,1-3H3,(H2,24,27,28). The summed E-state index contributed by atoms with van der Waals surface area (Å²) in [5.74, 6) is -0.395. The lowest BCUT2D eigenvalue weighted by molar-refractivity contribution is 0.0533. The average Bonchev–Trinajstić information content (AvgIpc) is 3.27. The molecule has 0 saturated heterocycles. The van der Waals surface area contributed by atoms with Crippen LogP contribution in [0.5, 0.6) is 0 Å². The lowest BCUT2D eigenvalue weighted by atomic mass is 9.98. The number of hydrogen-bond acceptors (Lipinski definition) is 5. The van der Waals surface area contributed by atoms with Crippen LogP contribution in [-0.4, -0.2) is 25.6 Å². The smallest absolute Gasteiger partial charge is 0.348 e. The van der Waals surface area contributed by atoms with E-state index in [9.17, 15) is 13.2 Å². The molecule has 2 heterocycles. The highest BCUT2D eigenvalue weighted by atomic mass is 32.2. The van der Waals surface area contributed by atoms with Crippen LogP contribution in [0, 0.1) is 6.92 Å². The Morgan fingerprint density at radius 1 is 1.10 bits per heavy atom. The van der Waals surface area contributed by atoms with Crippen LogP contribution in [0.3, 0.4) is 0 Å². The molecule has 0 aliphatic carbocycles. The molecule has 160 valence electrons. The molecule has 8 heteroatoms. The van der Waals surface area contributed by atoms with E-state index in [1.807, 2.05) is 26.2 Å². The summed E-state index contributed by atoms with van der Waals surface area (Å²) in [6.45, 7) is 4.00. The Morgan fingerprint density at radius 3 is 2.42 bits per heavy atom. The monoisotopic (exact) mass is 454 g/mol. The summed E-state index contributed by atoms with van der Waals surface area (Å²) in [6, 6.07) is 14.5. The molecule has 6 nitrogen and oxygen atoms in total. The van der Waals surface area contributed by atoms with E-state index in [0.717, 1.165) is 38.0 Å². The fourth-order valence-corrected chi connectivity index (χ4v) is 5.45. The minimum Gasteiger partial charge on any atom is -0.462 e. The molecule has 4 rings (SSSR count). The predicted molar refractivity (Wildman–Crippen MR) is 124 cm³/mol. The van der Waals surface area contributed by atoms with Gasteiger partial charge in [-0.15, -0.1) is 11.3 Å². The largest absolute Gasteiger partial charge is 0.462 e. The van der Waals surface area contributed by atoms with Gasteiger partial charge >= 0.3 is 5.97 Å². The molecule has 0 radical (unpaired) electrons. The molecule has 0 amide bonds. The molecular formula is C23H22N2O4S2. The molecule has 2 aromatic heterocycles. The maximum atomic E-state index is 12.7. The Hall–Kier alpha value is -2.94. The number of benzene rings is 2. The second-order valence-corrected chi connectivity index (χ2v) is 9.83. The summed E-state index contributed by atoms with van der Waals surface area (Å²) >= 11 is 1.38. The van der Waals surface area contributed by atoms with Crippen molar-refractivity contribution in [3.8, 4) is 21.6 Å². The number of carbonyl (C=O) groups excluding carboxylic acids is 1. The van der Waals surface area contributed by atoms with E-state index in [1.165, 1.54) is 23.5 Å². The van der Waals surface area contributed by atoms with E-state index in [1.54, 1.807) is 19.1 Å². The second kappa shape index (κ2) is 7.96. The van der Waals surface area contributed by atoms with Crippen molar-refractivity contribution in [3.63, 3.8) is 0 Å². The van der Waals surface area contributed by atoms with E-state index in [-0.39, 0.29) is 11.5 Å². The molecule has 0 atom stereocenters. The van der Waals surface area contributed by atoms with Gasteiger partial charge in [-0.2, -0.15) is 0 Å². The molecule has 0 aliphatic heterocycles. The van der Waals surface area contributed by atoms with E-state index >= 15 is 0 Å². The quantitative estimate of drug-likeness (QED) is 0.442. The van der Waals surface area contributed by atoms with Crippen molar-refractivity contribution in [1.82, 2.24) is 4.57 Å². The number of rotatable bonds is 5. The zero-order valence-corrected chi connectivity index (χ0v) is 19.0. The highest BCUT2D eigenvalue weighted by Crippen LogP contribution is 2.43. The third-order valence-corrected chi connectivity index (χ3v) is 7.48. The van der Waals surface area contributed by atoms with Gasteiger partial charge in [0.05, 0.1) is 11.5 Å². The molecule has 31 heavy (non-hydrogen) atoms. The zero-order valence-electron chi connectivity index (χ0n) is 17.4. The number of sulfonamides is 1. The molecule has 2 N–H and O–H groups in total. The van der Waals surface area contributed by atoms with Gasteiger partial charge in [0.15, 0.2) is 0 Å². The van der Waals surface area contributed by atoms with Gasteiger partial charge in [0.25, 0.3) is 0 Å². The molecule has 0 bridgehead atoms. The van der Waals surface area contributed by atoms with Crippen molar-refractivity contribution in [2.75, 3.05) is 6.61 Å². The summed E-state index contributed by atoms with van der Waals surface area (Å²) in [5, 5.41) is 6.33. The number of fused-ring (bicyclic) bond motifs is 1. The number of hydrogen-bond donors (Lipinski definition) is 1. The second-order valence-electron chi connectivity index (χ2n) is 7.25. The topological polar surface area (TPSA) is 91.4 Å². The normalized spacial score (nSPS) is 11.7. The Bertz CT molecular complexity index is 1400. The maximum absolute atomic E-state index is 12.7.